The molecule has 2 N–H and O–H groups in total. The molecule has 0 bridgehead atoms. The minimum atomic E-state index is -1.54. The van der Waals surface area contributed by atoms with E-state index in [-0.39, 0.29) is 17.9 Å². The molecule has 0 radical (unpaired) electrons. The van der Waals surface area contributed by atoms with Crippen LogP contribution in [0.3, 0.4) is 0 Å². The van der Waals surface area contributed by atoms with Crippen molar-refractivity contribution < 1.29 is 23.9 Å². The van der Waals surface area contributed by atoms with Gasteiger partial charge in [0.25, 0.3) is 5.91 Å². The molecule has 2 aliphatic heterocycles. The van der Waals surface area contributed by atoms with Gasteiger partial charge in [-0.05, 0) is 51.2 Å². The van der Waals surface area contributed by atoms with E-state index in [1.807, 2.05) is 44.2 Å². The number of likely N-dealkylation sites (tertiary alicyclic amines) is 1. The number of Topliss-reactive ketones (excluding diaryl/α,β-unsaturated/α-hetero) is 1. The molecule has 2 heterocycles. The Morgan fingerprint density at radius 1 is 1.03 bits per heavy atom. The summed E-state index contributed by atoms with van der Waals surface area (Å²) in [6.45, 7) is 11.4. The lowest BCUT2D eigenvalue weighted by molar-refractivity contribution is -0.161. The van der Waals surface area contributed by atoms with Crippen molar-refractivity contribution in [3.05, 3.63) is 65.7 Å². The van der Waals surface area contributed by atoms with Gasteiger partial charge in [-0.25, -0.2) is 4.79 Å². The van der Waals surface area contributed by atoms with E-state index in [0.29, 0.717) is 24.2 Å². The number of hydrogen-bond donors (Lipinski definition) is 1. The quantitative estimate of drug-likeness (QED) is 0.424. The number of ether oxygens (including phenoxy) is 2. The van der Waals surface area contributed by atoms with Crippen molar-refractivity contribution in [2.24, 2.45) is 11.7 Å². The van der Waals surface area contributed by atoms with Crippen LogP contribution in [0.5, 0.6) is 5.75 Å². The fraction of sp³-hybridized carbons (Fsp3) is 0.516. The molecule has 2 aliphatic rings. The van der Waals surface area contributed by atoms with Crippen molar-refractivity contribution in [2.45, 2.75) is 83.8 Å². The number of esters is 1. The van der Waals surface area contributed by atoms with Crippen LogP contribution >= 0.6 is 0 Å². The molecule has 3 unspecified atom stereocenters. The number of benzene rings is 2. The minimum absolute atomic E-state index is 0.125. The summed E-state index contributed by atoms with van der Waals surface area (Å²) in [7, 11) is 0. The highest BCUT2D eigenvalue weighted by atomic mass is 16.6. The first-order chi connectivity index (χ1) is 18.5. The molecular weight excluding hydrogens is 494 g/mol. The van der Waals surface area contributed by atoms with E-state index in [0.717, 1.165) is 19.6 Å². The molecule has 3 atom stereocenters. The predicted octanol–water partition coefficient (Wildman–Crippen LogP) is 3.88. The highest BCUT2D eigenvalue weighted by Gasteiger charge is 2.47. The van der Waals surface area contributed by atoms with Crippen LogP contribution in [0, 0.1) is 5.92 Å². The maximum atomic E-state index is 14.1. The number of carbonyl (C=O) groups is 3. The van der Waals surface area contributed by atoms with Crippen LogP contribution in [-0.4, -0.2) is 64.3 Å². The van der Waals surface area contributed by atoms with Crippen LogP contribution in [0.25, 0.3) is 0 Å². The summed E-state index contributed by atoms with van der Waals surface area (Å²) in [5, 5.41) is 0. The molecule has 2 aromatic rings. The number of amides is 1. The fourth-order valence-electron chi connectivity index (χ4n) is 5.38. The van der Waals surface area contributed by atoms with Crippen LogP contribution in [0.4, 0.5) is 0 Å². The zero-order valence-electron chi connectivity index (χ0n) is 23.6. The highest BCUT2D eigenvalue weighted by molar-refractivity contribution is 6.07. The third-order valence-corrected chi connectivity index (χ3v) is 7.29. The van der Waals surface area contributed by atoms with Crippen LogP contribution in [0.1, 0.15) is 64.6 Å². The van der Waals surface area contributed by atoms with Crippen molar-refractivity contribution in [3.8, 4) is 5.75 Å². The summed E-state index contributed by atoms with van der Waals surface area (Å²) in [5.74, 6) is -1.29. The molecule has 8 heteroatoms. The van der Waals surface area contributed by atoms with E-state index >= 15 is 0 Å². The van der Waals surface area contributed by atoms with Gasteiger partial charge in [0.05, 0.1) is 0 Å². The lowest BCUT2D eigenvalue weighted by Crippen LogP contribution is -2.56. The number of piperidine rings is 1. The average Bonchev–Trinajstić information content (AvgIpc) is 3.02. The van der Waals surface area contributed by atoms with Crippen molar-refractivity contribution >= 4 is 17.7 Å². The highest BCUT2D eigenvalue weighted by Crippen LogP contribution is 2.39. The number of fused-ring (bicyclic) bond motifs is 1. The Labute approximate surface area is 231 Å². The number of hydrogen-bond acceptors (Lipinski definition) is 7. The Balaban J connectivity index is 1.66. The standard InChI is InChI=1S/C31H41N3O5/c1-20(2)28-29(36)34(22-15-17-33(18-16-22)19-21-11-7-6-8-12-21)26(23-13-9-10-14-24(23)38-28)27(35)25(32)30(37)39-31(3,4)5/h6-14,20,22,25-26,28H,15-19,32H2,1-5H3. The number of para-hydroxylation sites is 1. The zero-order chi connectivity index (χ0) is 28.3. The summed E-state index contributed by atoms with van der Waals surface area (Å²) >= 11 is 0. The van der Waals surface area contributed by atoms with Gasteiger partial charge in [0.1, 0.15) is 17.4 Å². The van der Waals surface area contributed by atoms with Crippen molar-refractivity contribution in [1.29, 1.82) is 0 Å². The molecule has 1 amide bonds. The molecule has 1 saturated heterocycles. The Morgan fingerprint density at radius 2 is 1.64 bits per heavy atom. The lowest BCUT2D eigenvalue weighted by atomic mass is 9.91. The van der Waals surface area contributed by atoms with E-state index in [9.17, 15) is 14.4 Å². The van der Waals surface area contributed by atoms with Gasteiger partial charge in [0.2, 0.25) is 0 Å². The molecule has 39 heavy (non-hydrogen) atoms. The molecule has 2 aromatic carbocycles. The van der Waals surface area contributed by atoms with Crippen LogP contribution in [0.2, 0.25) is 0 Å². The van der Waals surface area contributed by atoms with E-state index < -0.39 is 35.5 Å². The molecule has 8 nitrogen and oxygen atoms in total. The molecule has 0 saturated carbocycles. The normalized spacial score (nSPS) is 21.6. The van der Waals surface area contributed by atoms with Crippen LogP contribution < -0.4 is 10.5 Å². The number of carbonyl (C=O) groups excluding carboxylic acids is 3. The van der Waals surface area contributed by atoms with E-state index in [2.05, 4.69) is 17.0 Å². The summed E-state index contributed by atoms with van der Waals surface area (Å²) in [6.07, 6.45) is 0.623. The summed E-state index contributed by atoms with van der Waals surface area (Å²) in [5.41, 5.74) is 7.22. The van der Waals surface area contributed by atoms with Crippen molar-refractivity contribution in [3.63, 3.8) is 0 Å². The molecule has 0 spiro atoms. The first-order valence-corrected chi connectivity index (χ1v) is 13.8. The SMILES string of the molecule is CC(C)C1Oc2ccccc2C(C(=O)C(N)C(=O)OC(C)(C)C)N(C2CCN(Cc3ccccc3)CC2)C1=O. The third-order valence-electron chi connectivity index (χ3n) is 7.29. The monoisotopic (exact) mass is 535 g/mol. The smallest absolute Gasteiger partial charge is 0.331 e. The number of rotatable bonds is 7. The van der Waals surface area contributed by atoms with E-state index in [4.69, 9.17) is 15.2 Å². The first kappa shape index (κ1) is 28.8. The molecular formula is C31H41N3O5. The fourth-order valence-corrected chi connectivity index (χ4v) is 5.38. The van der Waals surface area contributed by atoms with Crippen molar-refractivity contribution in [2.75, 3.05) is 13.1 Å². The van der Waals surface area contributed by atoms with Gasteiger partial charge in [0.15, 0.2) is 17.9 Å². The number of nitrogens with two attached hydrogens (primary N) is 1. The van der Waals surface area contributed by atoms with Gasteiger partial charge in [-0.3, -0.25) is 14.5 Å². The van der Waals surface area contributed by atoms with Gasteiger partial charge in [0, 0.05) is 31.2 Å². The molecule has 0 aliphatic carbocycles. The molecule has 1 fully saturated rings. The number of ketones is 1. The van der Waals surface area contributed by atoms with Gasteiger partial charge in [-0.1, -0.05) is 62.4 Å². The summed E-state index contributed by atoms with van der Waals surface area (Å²) in [4.78, 5) is 45.1. The Morgan fingerprint density at radius 3 is 2.26 bits per heavy atom. The van der Waals surface area contributed by atoms with Gasteiger partial charge < -0.3 is 20.1 Å². The maximum Gasteiger partial charge on any atom is 0.331 e. The largest absolute Gasteiger partial charge is 0.480 e. The third kappa shape index (κ3) is 6.68. The molecule has 210 valence electrons. The maximum absolute atomic E-state index is 14.1. The zero-order valence-corrected chi connectivity index (χ0v) is 23.6. The number of nitrogens with zero attached hydrogens (tertiary/aromatic N) is 2. The van der Waals surface area contributed by atoms with Crippen LogP contribution in [0.15, 0.2) is 54.6 Å². The topological polar surface area (TPSA) is 102 Å². The first-order valence-electron chi connectivity index (χ1n) is 13.8. The second kappa shape index (κ2) is 11.9. The average molecular weight is 536 g/mol. The van der Waals surface area contributed by atoms with E-state index in [1.165, 1.54) is 5.56 Å². The Hall–Kier alpha value is -3.23. The Kier molecular flexibility index (Phi) is 8.76. The molecule has 4 rings (SSSR count). The van der Waals surface area contributed by atoms with E-state index in [1.54, 1.807) is 37.8 Å². The van der Waals surface area contributed by atoms with Gasteiger partial charge in [-0.15, -0.1) is 0 Å². The summed E-state index contributed by atoms with van der Waals surface area (Å²) < 4.78 is 11.7. The second-order valence-corrected chi connectivity index (χ2v) is 11.9. The van der Waals surface area contributed by atoms with Gasteiger partial charge >= 0.3 is 5.97 Å². The Bertz CT molecular complexity index is 1170. The lowest BCUT2D eigenvalue weighted by Gasteiger charge is -2.42. The molecule has 0 aromatic heterocycles. The minimum Gasteiger partial charge on any atom is -0.480 e. The second-order valence-electron chi connectivity index (χ2n) is 11.9. The van der Waals surface area contributed by atoms with Crippen LogP contribution in [-0.2, 0) is 25.7 Å². The summed E-state index contributed by atoms with van der Waals surface area (Å²) in [6, 6.07) is 14.7. The van der Waals surface area contributed by atoms with Gasteiger partial charge in [-0.2, -0.15) is 0 Å². The van der Waals surface area contributed by atoms with Crippen molar-refractivity contribution in [1.82, 2.24) is 9.80 Å². The predicted molar refractivity (Wildman–Crippen MR) is 149 cm³/mol.